The van der Waals surface area contributed by atoms with Gasteiger partial charge in [0.25, 0.3) is 0 Å². The Bertz CT molecular complexity index is 721. The molecule has 2 aromatic rings. The van der Waals surface area contributed by atoms with E-state index in [1.807, 2.05) is 0 Å². The maximum absolute atomic E-state index is 12.2. The van der Waals surface area contributed by atoms with Crippen molar-refractivity contribution in [2.24, 2.45) is 0 Å². The molecule has 0 heterocycles. The largest absolute Gasteiger partial charge is 0.508 e. The van der Waals surface area contributed by atoms with Gasteiger partial charge in [0.15, 0.2) is 5.75 Å². The lowest BCUT2D eigenvalue weighted by Gasteiger charge is -2.25. The number of nitrogens with two attached hydrogens (primary N) is 1. The van der Waals surface area contributed by atoms with Crippen LogP contribution in [0.4, 0.5) is 16.2 Å². The van der Waals surface area contributed by atoms with Crippen molar-refractivity contribution in [3.8, 4) is 17.2 Å². The summed E-state index contributed by atoms with van der Waals surface area (Å²) in [7, 11) is 1.59. The van der Waals surface area contributed by atoms with Crippen molar-refractivity contribution >= 4 is 17.5 Å². The van der Waals surface area contributed by atoms with Gasteiger partial charge in [-0.3, -0.25) is 4.90 Å². The van der Waals surface area contributed by atoms with E-state index < -0.39 is 11.7 Å². The van der Waals surface area contributed by atoms with Crippen molar-refractivity contribution in [2.75, 3.05) is 17.7 Å². The molecule has 24 heavy (non-hydrogen) atoms. The Labute approximate surface area is 141 Å². The highest BCUT2D eigenvalue weighted by atomic mass is 16.6. The number of nitrogens with zero attached hydrogens (tertiary/aromatic N) is 1. The summed E-state index contributed by atoms with van der Waals surface area (Å²) in [6.07, 6.45) is -0.504. The molecule has 0 bridgehead atoms. The maximum atomic E-state index is 12.2. The van der Waals surface area contributed by atoms with E-state index in [1.165, 1.54) is 17.0 Å². The summed E-state index contributed by atoms with van der Waals surface area (Å²) >= 11 is 0. The molecule has 128 valence electrons. The van der Waals surface area contributed by atoms with E-state index in [9.17, 15) is 9.90 Å². The standard InChI is InChI=1S/C18H22N2O4/c1-18(2,3)24-17(22)20(4)14-6-5-7-15(16(14)19)23-13-10-8-12(21)9-11-13/h5-11,21H,19H2,1-4H3. The zero-order chi connectivity index (χ0) is 17.9. The van der Waals surface area contributed by atoms with Gasteiger partial charge in [-0.25, -0.2) is 4.79 Å². The molecule has 0 aliphatic heterocycles. The Balaban J connectivity index is 2.23. The van der Waals surface area contributed by atoms with Crippen LogP contribution in [0, 0.1) is 0 Å². The van der Waals surface area contributed by atoms with Crippen LogP contribution >= 0.6 is 0 Å². The third-order valence-corrected chi connectivity index (χ3v) is 3.14. The molecule has 2 rings (SSSR count). The molecule has 0 spiro atoms. The van der Waals surface area contributed by atoms with Gasteiger partial charge in [-0.15, -0.1) is 0 Å². The first-order valence-corrected chi connectivity index (χ1v) is 7.49. The summed E-state index contributed by atoms with van der Waals surface area (Å²) in [6.45, 7) is 5.39. The number of ether oxygens (including phenoxy) is 2. The summed E-state index contributed by atoms with van der Waals surface area (Å²) in [5.74, 6) is 1.08. The SMILES string of the molecule is CN(C(=O)OC(C)(C)C)c1cccc(Oc2ccc(O)cc2)c1N. The van der Waals surface area contributed by atoms with Crippen LogP contribution in [-0.4, -0.2) is 23.8 Å². The molecule has 0 aliphatic carbocycles. The number of nitrogen functional groups attached to an aromatic ring is 1. The lowest BCUT2D eigenvalue weighted by molar-refractivity contribution is 0.0589. The van der Waals surface area contributed by atoms with E-state index in [-0.39, 0.29) is 5.75 Å². The molecule has 0 radical (unpaired) electrons. The number of carbonyl (C=O) groups is 1. The van der Waals surface area contributed by atoms with Gasteiger partial charge < -0.3 is 20.3 Å². The number of anilines is 2. The van der Waals surface area contributed by atoms with Crippen molar-refractivity contribution in [2.45, 2.75) is 26.4 Å². The van der Waals surface area contributed by atoms with Crippen molar-refractivity contribution in [1.82, 2.24) is 0 Å². The van der Waals surface area contributed by atoms with Crippen LogP contribution < -0.4 is 15.4 Å². The predicted molar refractivity (Wildman–Crippen MR) is 93.7 cm³/mol. The minimum absolute atomic E-state index is 0.147. The first-order chi connectivity index (χ1) is 11.2. The maximum Gasteiger partial charge on any atom is 0.414 e. The molecule has 0 atom stereocenters. The Morgan fingerprint density at radius 3 is 2.33 bits per heavy atom. The third-order valence-electron chi connectivity index (χ3n) is 3.14. The molecule has 6 heteroatoms. The summed E-state index contributed by atoms with van der Waals surface area (Å²) in [4.78, 5) is 13.5. The summed E-state index contributed by atoms with van der Waals surface area (Å²) in [5, 5.41) is 9.31. The van der Waals surface area contributed by atoms with Gasteiger partial charge in [-0.2, -0.15) is 0 Å². The zero-order valence-electron chi connectivity index (χ0n) is 14.2. The van der Waals surface area contributed by atoms with Crippen LogP contribution in [0.3, 0.4) is 0 Å². The summed E-state index contributed by atoms with van der Waals surface area (Å²) < 4.78 is 11.1. The van der Waals surface area contributed by atoms with Gasteiger partial charge >= 0.3 is 6.09 Å². The molecule has 2 aromatic carbocycles. The highest BCUT2D eigenvalue weighted by Crippen LogP contribution is 2.35. The summed E-state index contributed by atoms with van der Waals surface area (Å²) in [6, 6.07) is 11.4. The van der Waals surface area contributed by atoms with Crippen molar-refractivity contribution in [1.29, 1.82) is 0 Å². The fraction of sp³-hybridized carbons (Fsp3) is 0.278. The minimum Gasteiger partial charge on any atom is -0.508 e. The number of aromatic hydroxyl groups is 1. The van der Waals surface area contributed by atoms with Crippen LogP contribution in [0.1, 0.15) is 20.8 Å². The molecule has 0 aromatic heterocycles. The molecule has 0 unspecified atom stereocenters. The summed E-state index contributed by atoms with van der Waals surface area (Å²) in [5.41, 5.74) is 6.35. The monoisotopic (exact) mass is 330 g/mol. The van der Waals surface area contributed by atoms with Gasteiger partial charge in [0.05, 0.1) is 11.4 Å². The van der Waals surface area contributed by atoms with E-state index in [2.05, 4.69) is 0 Å². The predicted octanol–water partition coefficient (Wildman–Crippen LogP) is 4.14. The Hall–Kier alpha value is -2.89. The van der Waals surface area contributed by atoms with Crippen molar-refractivity contribution in [3.63, 3.8) is 0 Å². The lowest BCUT2D eigenvalue weighted by Crippen LogP contribution is -2.34. The molecule has 1 amide bonds. The number of amides is 1. The number of phenols is 1. The van der Waals surface area contributed by atoms with Crippen molar-refractivity contribution < 1.29 is 19.4 Å². The number of rotatable bonds is 3. The average molecular weight is 330 g/mol. The molecule has 0 saturated carbocycles. The normalized spacial score (nSPS) is 11.0. The highest BCUT2D eigenvalue weighted by Gasteiger charge is 2.22. The molecule has 0 fully saturated rings. The molecular formula is C18H22N2O4. The van der Waals surface area contributed by atoms with Crippen LogP contribution in [0.2, 0.25) is 0 Å². The zero-order valence-corrected chi connectivity index (χ0v) is 14.2. The second-order valence-electron chi connectivity index (χ2n) is 6.32. The fourth-order valence-corrected chi connectivity index (χ4v) is 1.98. The number of benzene rings is 2. The van der Waals surface area contributed by atoms with E-state index >= 15 is 0 Å². The molecule has 6 nitrogen and oxygen atoms in total. The Morgan fingerprint density at radius 1 is 1.12 bits per heavy atom. The van der Waals surface area contributed by atoms with Gasteiger partial charge in [-0.1, -0.05) is 6.07 Å². The molecule has 0 aliphatic rings. The van der Waals surface area contributed by atoms with Crippen LogP contribution in [0.15, 0.2) is 42.5 Å². The number of phenolic OH excluding ortho intramolecular Hbond substituents is 1. The lowest BCUT2D eigenvalue weighted by atomic mass is 10.2. The number of hydrogen-bond acceptors (Lipinski definition) is 5. The number of hydrogen-bond donors (Lipinski definition) is 2. The van der Waals surface area contributed by atoms with E-state index in [0.717, 1.165) is 0 Å². The second kappa shape index (κ2) is 6.70. The van der Waals surface area contributed by atoms with Crippen LogP contribution in [0.5, 0.6) is 17.2 Å². The smallest absolute Gasteiger partial charge is 0.414 e. The van der Waals surface area contributed by atoms with Gasteiger partial charge in [0.1, 0.15) is 17.1 Å². The van der Waals surface area contributed by atoms with Gasteiger partial charge in [0, 0.05) is 7.05 Å². The van der Waals surface area contributed by atoms with E-state index in [0.29, 0.717) is 22.9 Å². The molecule has 3 N–H and O–H groups in total. The highest BCUT2D eigenvalue weighted by molar-refractivity contribution is 5.92. The fourth-order valence-electron chi connectivity index (χ4n) is 1.98. The molecule has 0 saturated heterocycles. The van der Waals surface area contributed by atoms with Crippen LogP contribution in [-0.2, 0) is 4.74 Å². The minimum atomic E-state index is -0.597. The first-order valence-electron chi connectivity index (χ1n) is 7.49. The molecular weight excluding hydrogens is 308 g/mol. The Morgan fingerprint density at radius 2 is 1.75 bits per heavy atom. The van der Waals surface area contributed by atoms with E-state index in [4.69, 9.17) is 15.2 Å². The van der Waals surface area contributed by atoms with Gasteiger partial charge in [0.2, 0.25) is 0 Å². The first kappa shape index (κ1) is 17.5. The number of para-hydroxylation sites is 1. The second-order valence-corrected chi connectivity index (χ2v) is 6.32. The quantitative estimate of drug-likeness (QED) is 0.826. The van der Waals surface area contributed by atoms with E-state index in [1.54, 1.807) is 58.2 Å². The third kappa shape index (κ3) is 4.32. The topological polar surface area (TPSA) is 85.0 Å². The van der Waals surface area contributed by atoms with Crippen molar-refractivity contribution in [3.05, 3.63) is 42.5 Å². The average Bonchev–Trinajstić information content (AvgIpc) is 2.49. The van der Waals surface area contributed by atoms with Crippen LogP contribution in [0.25, 0.3) is 0 Å². The number of carbonyl (C=O) groups excluding carboxylic acids is 1. The van der Waals surface area contributed by atoms with Gasteiger partial charge in [-0.05, 0) is 57.2 Å². The Kier molecular flexibility index (Phi) is 4.87.